The molecular formula is C15H19F3N2O. The number of nitrogens with two attached hydrogens (primary N) is 1. The number of rotatable bonds is 6. The Kier molecular flexibility index (Phi) is 7.06. The molecule has 0 aliphatic carbocycles. The van der Waals surface area contributed by atoms with E-state index in [4.69, 9.17) is 10.5 Å². The van der Waals surface area contributed by atoms with Crippen molar-refractivity contribution in [3.8, 4) is 17.6 Å². The topological polar surface area (TPSA) is 38.5 Å². The smallest absolute Gasteiger partial charge is 0.390 e. The molecule has 0 spiro atoms. The van der Waals surface area contributed by atoms with Crippen molar-refractivity contribution in [3.05, 3.63) is 29.8 Å². The van der Waals surface area contributed by atoms with Gasteiger partial charge in [0.15, 0.2) is 0 Å². The highest BCUT2D eigenvalue weighted by atomic mass is 19.4. The molecule has 1 aromatic rings. The van der Waals surface area contributed by atoms with Gasteiger partial charge in [-0.3, -0.25) is 0 Å². The lowest BCUT2D eigenvalue weighted by Gasteiger charge is -2.17. The normalized spacial score (nSPS) is 11.1. The van der Waals surface area contributed by atoms with Crippen LogP contribution in [-0.2, 0) is 0 Å². The van der Waals surface area contributed by atoms with Crippen LogP contribution in [0, 0.1) is 11.8 Å². The summed E-state index contributed by atoms with van der Waals surface area (Å²) in [6, 6.07) is 7.17. The summed E-state index contributed by atoms with van der Waals surface area (Å²) in [5.74, 6) is 6.30. The van der Waals surface area contributed by atoms with E-state index in [0.717, 1.165) is 5.56 Å². The van der Waals surface area contributed by atoms with Gasteiger partial charge in [-0.1, -0.05) is 11.8 Å². The highest BCUT2D eigenvalue weighted by molar-refractivity contribution is 5.38. The largest absolute Gasteiger partial charge is 0.492 e. The summed E-state index contributed by atoms with van der Waals surface area (Å²) in [7, 11) is 1.64. The molecule has 21 heavy (non-hydrogen) atoms. The fourth-order valence-corrected chi connectivity index (χ4v) is 1.54. The second-order valence-corrected chi connectivity index (χ2v) is 4.55. The Bertz CT molecular complexity index is 474. The predicted octanol–water partition coefficient (Wildman–Crippen LogP) is 2.26. The summed E-state index contributed by atoms with van der Waals surface area (Å²) in [5.41, 5.74) is 6.12. The molecule has 6 heteroatoms. The fourth-order valence-electron chi connectivity index (χ4n) is 1.54. The van der Waals surface area contributed by atoms with E-state index < -0.39 is 12.6 Å². The Morgan fingerprint density at radius 2 is 1.86 bits per heavy atom. The SMILES string of the molecule is CN(CCOc1ccc(C#CCN)cc1)CCC(F)(F)F. The number of hydrogen-bond acceptors (Lipinski definition) is 3. The fraction of sp³-hybridized carbons (Fsp3) is 0.467. The van der Waals surface area contributed by atoms with Crippen molar-refractivity contribution in [3.63, 3.8) is 0 Å². The van der Waals surface area contributed by atoms with Gasteiger partial charge in [0.2, 0.25) is 0 Å². The van der Waals surface area contributed by atoms with E-state index in [1.165, 1.54) is 0 Å². The molecule has 1 aromatic carbocycles. The van der Waals surface area contributed by atoms with Gasteiger partial charge in [0.25, 0.3) is 0 Å². The van der Waals surface area contributed by atoms with E-state index in [0.29, 0.717) is 25.4 Å². The van der Waals surface area contributed by atoms with Crippen molar-refractivity contribution in [2.45, 2.75) is 12.6 Å². The van der Waals surface area contributed by atoms with Crippen molar-refractivity contribution in [1.29, 1.82) is 0 Å². The Balaban J connectivity index is 2.29. The number of alkyl halides is 3. The molecule has 0 aromatic heterocycles. The highest BCUT2D eigenvalue weighted by Crippen LogP contribution is 2.19. The minimum Gasteiger partial charge on any atom is -0.492 e. The summed E-state index contributed by atoms with van der Waals surface area (Å²) in [4.78, 5) is 1.59. The zero-order valence-electron chi connectivity index (χ0n) is 11.9. The van der Waals surface area contributed by atoms with Crippen molar-refractivity contribution >= 4 is 0 Å². The van der Waals surface area contributed by atoms with Gasteiger partial charge in [0, 0.05) is 18.7 Å². The van der Waals surface area contributed by atoms with Crippen LogP contribution in [0.25, 0.3) is 0 Å². The zero-order valence-corrected chi connectivity index (χ0v) is 11.9. The molecule has 0 heterocycles. The average molecular weight is 300 g/mol. The minimum absolute atomic E-state index is 0.0273. The molecule has 0 bridgehead atoms. The number of hydrogen-bond donors (Lipinski definition) is 1. The molecule has 0 aliphatic rings. The quantitative estimate of drug-likeness (QED) is 0.819. The lowest BCUT2D eigenvalue weighted by molar-refractivity contribution is -0.137. The minimum atomic E-state index is -4.12. The van der Waals surface area contributed by atoms with E-state index in [-0.39, 0.29) is 6.54 Å². The van der Waals surface area contributed by atoms with Crippen LogP contribution in [0.15, 0.2) is 24.3 Å². The molecule has 2 N–H and O–H groups in total. The van der Waals surface area contributed by atoms with Crippen LogP contribution < -0.4 is 10.5 Å². The van der Waals surface area contributed by atoms with Gasteiger partial charge in [-0.05, 0) is 31.3 Å². The maximum atomic E-state index is 12.1. The number of nitrogens with zero attached hydrogens (tertiary/aromatic N) is 1. The Labute approximate surface area is 122 Å². The number of benzene rings is 1. The van der Waals surface area contributed by atoms with Gasteiger partial charge in [-0.2, -0.15) is 13.2 Å². The summed E-state index contributed by atoms with van der Waals surface area (Å²) in [5, 5.41) is 0. The Morgan fingerprint density at radius 3 is 2.43 bits per heavy atom. The number of halogens is 3. The molecule has 3 nitrogen and oxygen atoms in total. The van der Waals surface area contributed by atoms with Gasteiger partial charge in [0.05, 0.1) is 13.0 Å². The highest BCUT2D eigenvalue weighted by Gasteiger charge is 2.26. The van der Waals surface area contributed by atoms with Gasteiger partial charge < -0.3 is 15.4 Å². The van der Waals surface area contributed by atoms with Crippen LogP contribution in [0.3, 0.4) is 0 Å². The van der Waals surface area contributed by atoms with Crippen LogP contribution in [0.5, 0.6) is 5.75 Å². The molecule has 116 valence electrons. The molecule has 0 amide bonds. The van der Waals surface area contributed by atoms with Crippen LogP contribution in [0.2, 0.25) is 0 Å². The molecule has 1 rings (SSSR count). The average Bonchev–Trinajstić information content (AvgIpc) is 2.43. The number of likely N-dealkylation sites (N-methyl/N-ethyl adjacent to an activating group) is 1. The van der Waals surface area contributed by atoms with Gasteiger partial charge in [-0.25, -0.2) is 0 Å². The lowest BCUT2D eigenvalue weighted by atomic mass is 10.2. The number of ether oxygens (including phenoxy) is 1. The summed E-state index contributed by atoms with van der Waals surface area (Å²) >= 11 is 0. The first-order chi connectivity index (χ1) is 9.90. The van der Waals surface area contributed by atoms with E-state index in [1.54, 1.807) is 24.1 Å². The monoisotopic (exact) mass is 300 g/mol. The van der Waals surface area contributed by atoms with E-state index in [9.17, 15) is 13.2 Å². The van der Waals surface area contributed by atoms with Crippen LogP contribution in [-0.4, -0.2) is 44.4 Å². The third-order valence-electron chi connectivity index (χ3n) is 2.71. The summed E-state index contributed by atoms with van der Waals surface area (Å²) in [6.45, 7) is 1.05. The van der Waals surface area contributed by atoms with Crippen LogP contribution in [0.1, 0.15) is 12.0 Å². The first kappa shape index (κ1) is 17.3. The molecule has 0 saturated heterocycles. The maximum absolute atomic E-state index is 12.1. The second-order valence-electron chi connectivity index (χ2n) is 4.55. The molecule has 0 saturated carbocycles. The molecule has 0 unspecified atom stereocenters. The predicted molar refractivity (Wildman–Crippen MR) is 76.0 cm³/mol. The van der Waals surface area contributed by atoms with Crippen molar-refractivity contribution in [2.24, 2.45) is 5.73 Å². The van der Waals surface area contributed by atoms with Crippen molar-refractivity contribution < 1.29 is 17.9 Å². The Hall–Kier alpha value is -1.71. The first-order valence-corrected chi connectivity index (χ1v) is 6.58. The standard InChI is InChI=1S/C15H19F3N2O/c1-20(10-8-15(16,17)18)11-12-21-14-6-4-13(5-7-14)3-2-9-19/h4-7H,8-12,19H2,1H3. The molecule has 0 fully saturated rings. The van der Waals surface area contributed by atoms with Gasteiger partial charge in [-0.15, -0.1) is 0 Å². The summed E-state index contributed by atoms with van der Waals surface area (Å²) < 4.78 is 41.6. The molecule has 0 aliphatic heterocycles. The van der Waals surface area contributed by atoms with Crippen molar-refractivity contribution in [1.82, 2.24) is 4.90 Å². The zero-order chi connectivity index (χ0) is 15.7. The Morgan fingerprint density at radius 1 is 1.19 bits per heavy atom. The third kappa shape index (κ3) is 8.23. The van der Waals surface area contributed by atoms with Crippen LogP contribution >= 0.6 is 0 Å². The molecule has 0 radical (unpaired) electrons. The molecule has 0 atom stereocenters. The lowest BCUT2D eigenvalue weighted by Crippen LogP contribution is -2.28. The van der Waals surface area contributed by atoms with E-state index >= 15 is 0 Å². The second kappa shape index (κ2) is 8.55. The van der Waals surface area contributed by atoms with Crippen LogP contribution in [0.4, 0.5) is 13.2 Å². The molecular weight excluding hydrogens is 281 g/mol. The van der Waals surface area contributed by atoms with Gasteiger partial charge in [0.1, 0.15) is 12.4 Å². The first-order valence-electron chi connectivity index (χ1n) is 6.58. The summed E-state index contributed by atoms with van der Waals surface area (Å²) in [6.07, 6.45) is -4.92. The third-order valence-corrected chi connectivity index (χ3v) is 2.71. The maximum Gasteiger partial charge on any atom is 0.390 e. The van der Waals surface area contributed by atoms with Crippen molar-refractivity contribution in [2.75, 3.05) is 33.3 Å². The van der Waals surface area contributed by atoms with Gasteiger partial charge >= 0.3 is 6.18 Å². The van der Waals surface area contributed by atoms with E-state index in [2.05, 4.69) is 11.8 Å². The van der Waals surface area contributed by atoms with E-state index in [1.807, 2.05) is 12.1 Å².